The molecule has 0 aliphatic heterocycles. The Bertz CT molecular complexity index is 474. The fourth-order valence-electron chi connectivity index (χ4n) is 1.94. The van der Waals surface area contributed by atoms with E-state index in [-0.39, 0.29) is 6.10 Å². The standard InChI is InChI=1S/C16H23N3O2/c1-14(21-12-15-6-3-2-4-7-15)9-11-20-10-5-8-16-17-13-18-19-16/h2-4,6-7,13-14H,5,8-12H2,1H3,(H,17,18,19). The van der Waals surface area contributed by atoms with Gasteiger partial charge in [0.2, 0.25) is 0 Å². The average molecular weight is 289 g/mol. The third-order valence-corrected chi connectivity index (χ3v) is 3.21. The summed E-state index contributed by atoms with van der Waals surface area (Å²) in [5, 5.41) is 6.65. The fourth-order valence-corrected chi connectivity index (χ4v) is 1.94. The Balaban J connectivity index is 1.46. The summed E-state index contributed by atoms with van der Waals surface area (Å²) in [5.74, 6) is 0.915. The molecule has 1 atom stereocenters. The van der Waals surface area contributed by atoms with Crippen molar-refractivity contribution >= 4 is 0 Å². The van der Waals surface area contributed by atoms with Gasteiger partial charge in [0, 0.05) is 19.6 Å². The highest BCUT2D eigenvalue weighted by Crippen LogP contribution is 2.06. The van der Waals surface area contributed by atoms with Crippen LogP contribution in [0.1, 0.15) is 31.2 Å². The van der Waals surface area contributed by atoms with Gasteiger partial charge in [-0.3, -0.25) is 5.10 Å². The lowest BCUT2D eigenvalue weighted by Crippen LogP contribution is -2.12. The normalized spacial score (nSPS) is 12.4. The Morgan fingerprint density at radius 2 is 2.05 bits per heavy atom. The van der Waals surface area contributed by atoms with Crippen molar-refractivity contribution < 1.29 is 9.47 Å². The van der Waals surface area contributed by atoms with E-state index >= 15 is 0 Å². The Morgan fingerprint density at radius 3 is 2.81 bits per heavy atom. The summed E-state index contributed by atoms with van der Waals surface area (Å²) < 4.78 is 11.4. The highest BCUT2D eigenvalue weighted by atomic mass is 16.5. The number of nitrogens with one attached hydrogen (secondary N) is 1. The van der Waals surface area contributed by atoms with E-state index in [0.29, 0.717) is 6.61 Å². The van der Waals surface area contributed by atoms with Crippen LogP contribution in [-0.2, 0) is 22.5 Å². The van der Waals surface area contributed by atoms with Gasteiger partial charge in [0.25, 0.3) is 0 Å². The minimum atomic E-state index is 0.208. The number of H-pyrrole nitrogens is 1. The molecular formula is C16H23N3O2. The molecule has 1 aromatic carbocycles. The Kier molecular flexibility index (Phi) is 6.91. The Hall–Kier alpha value is -1.72. The van der Waals surface area contributed by atoms with Gasteiger partial charge in [0.15, 0.2) is 0 Å². The maximum Gasteiger partial charge on any atom is 0.137 e. The molecule has 0 fully saturated rings. The lowest BCUT2D eigenvalue weighted by atomic mass is 10.2. The number of hydrogen-bond acceptors (Lipinski definition) is 4. The predicted molar refractivity (Wildman–Crippen MR) is 80.8 cm³/mol. The molecule has 0 amide bonds. The van der Waals surface area contributed by atoms with Gasteiger partial charge >= 0.3 is 0 Å². The molecule has 0 bridgehead atoms. The van der Waals surface area contributed by atoms with E-state index in [1.54, 1.807) is 0 Å². The third kappa shape index (κ3) is 6.51. The number of ether oxygens (including phenoxy) is 2. The van der Waals surface area contributed by atoms with Gasteiger partial charge < -0.3 is 9.47 Å². The van der Waals surface area contributed by atoms with E-state index in [0.717, 1.165) is 38.3 Å². The average Bonchev–Trinajstić information content (AvgIpc) is 3.03. The van der Waals surface area contributed by atoms with Crippen molar-refractivity contribution in [3.8, 4) is 0 Å². The second kappa shape index (κ2) is 9.26. The zero-order valence-corrected chi connectivity index (χ0v) is 12.5. The van der Waals surface area contributed by atoms with Crippen LogP contribution >= 0.6 is 0 Å². The minimum Gasteiger partial charge on any atom is -0.381 e. The van der Waals surface area contributed by atoms with Crippen LogP contribution in [-0.4, -0.2) is 34.5 Å². The van der Waals surface area contributed by atoms with Crippen molar-refractivity contribution in [3.63, 3.8) is 0 Å². The van der Waals surface area contributed by atoms with Crippen molar-refractivity contribution in [3.05, 3.63) is 48.0 Å². The number of aryl methyl sites for hydroxylation is 1. The van der Waals surface area contributed by atoms with Gasteiger partial charge in [-0.15, -0.1) is 0 Å². The molecule has 0 spiro atoms. The van der Waals surface area contributed by atoms with Crippen LogP contribution in [0.25, 0.3) is 0 Å². The molecule has 0 radical (unpaired) electrons. The molecule has 1 aromatic heterocycles. The molecule has 114 valence electrons. The first-order chi connectivity index (χ1) is 10.3. The zero-order valence-electron chi connectivity index (χ0n) is 12.5. The molecule has 1 N–H and O–H groups in total. The van der Waals surface area contributed by atoms with E-state index in [1.807, 2.05) is 18.2 Å². The number of rotatable bonds is 10. The maximum absolute atomic E-state index is 5.79. The second-order valence-corrected chi connectivity index (χ2v) is 5.04. The molecule has 0 saturated heterocycles. The van der Waals surface area contributed by atoms with E-state index in [4.69, 9.17) is 9.47 Å². The number of aromatic nitrogens is 3. The number of hydrogen-bond donors (Lipinski definition) is 1. The van der Waals surface area contributed by atoms with Gasteiger partial charge in [0.05, 0.1) is 12.7 Å². The fraction of sp³-hybridized carbons (Fsp3) is 0.500. The first kappa shape index (κ1) is 15.7. The van der Waals surface area contributed by atoms with E-state index in [1.165, 1.54) is 11.9 Å². The molecule has 0 aliphatic carbocycles. The van der Waals surface area contributed by atoms with Gasteiger partial charge in [0.1, 0.15) is 12.2 Å². The van der Waals surface area contributed by atoms with Crippen LogP contribution in [0.3, 0.4) is 0 Å². The molecule has 1 unspecified atom stereocenters. The maximum atomic E-state index is 5.79. The molecular weight excluding hydrogens is 266 g/mol. The lowest BCUT2D eigenvalue weighted by Gasteiger charge is -2.13. The molecule has 0 aliphatic rings. The highest BCUT2D eigenvalue weighted by molar-refractivity contribution is 5.13. The van der Waals surface area contributed by atoms with Crippen LogP contribution in [0.2, 0.25) is 0 Å². The van der Waals surface area contributed by atoms with Crippen LogP contribution in [0, 0.1) is 0 Å². The summed E-state index contributed by atoms with van der Waals surface area (Å²) >= 11 is 0. The van der Waals surface area contributed by atoms with Gasteiger partial charge in [-0.25, -0.2) is 4.98 Å². The largest absolute Gasteiger partial charge is 0.381 e. The summed E-state index contributed by atoms with van der Waals surface area (Å²) in [6.45, 7) is 4.22. The van der Waals surface area contributed by atoms with Crippen molar-refractivity contribution in [1.82, 2.24) is 15.2 Å². The first-order valence-electron chi connectivity index (χ1n) is 7.42. The molecule has 2 rings (SSSR count). The van der Waals surface area contributed by atoms with Gasteiger partial charge in [-0.1, -0.05) is 30.3 Å². The van der Waals surface area contributed by atoms with Gasteiger partial charge in [-0.2, -0.15) is 5.10 Å². The van der Waals surface area contributed by atoms with Crippen molar-refractivity contribution in [2.24, 2.45) is 0 Å². The monoisotopic (exact) mass is 289 g/mol. The summed E-state index contributed by atoms with van der Waals surface area (Å²) in [4.78, 5) is 4.07. The third-order valence-electron chi connectivity index (χ3n) is 3.21. The Labute approximate surface area is 125 Å². The lowest BCUT2D eigenvalue weighted by molar-refractivity contribution is 0.0217. The molecule has 1 heterocycles. The van der Waals surface area contributed by atoms with Crippen molar-refractivity contribution in [2.75, 3.05) is 13.2 Å². The van der Waals surface area contributed by atoms with Crippen LogP contribution < -0.4 is 0 Å². The molecule has 5 nitrogen and oxygen atoms in total. The summed E-state index contributed by atoms with van der Waals surface area (Å²) in [6, 6.07) is 10.2. The van der Waals surface area contributed by atoms with Crippen molar-refractivity contribution in [1.29, 1.82) is 0 Å². The quantitative estimate of drug-likeness (QED) is 0.683. The smallest absolute Gasteiger partial charge is 0.137 e. The van der Waals surface area contributed by atoms with E-state index in [2.05, 4.69) is 34.2 Å². The zero-order chi connectivity index (χ0) is 14.8. The van der Waals surface area contributed by atoms with E-state index < -0.39 is 0 Å². The number of aromatic amines is 1. The number of benzene rings is 1. The molecule has 5 heteroatoms. The summed E-state index contributed by atoms with van der Waals surface area (Å²) in [7, 11) is 0. The topological polar surface area (TPSA) is 60.0 Å². The van der Waals surface area contributed by atoms with Gasteiger partial charge in [-0.05, 0) is 25.3 Å². The summed E-state index contributed by atoms with van der Waals surface area (Å²) in [6.07, 6.45) is 4.48. The summed E-state index contributed by atoms with van der Waals surface area (Å²) in [5.41, 5.74) is 1.21. The SMILES string of the molecule is CC(CCOCCCc1ncn[nH]1)OCc1ccccc1. The van der Waals surface area contributed by atoms with Crippen LogP contribution in [0.4, 0.5) is 0 Å². The molecule has 2 aromatic rings. The predicted octanol–water partition coefficient (Wildman–Crippen LogP) is 2.75. The molecule has 0 saturated carbocycles. The highest BCUT2D eigenvalue weighted by Gasteiger charge is 2.03. The number of nitrogens with zero attached hydrogens (tertiary/aromatic N) is 2. The molecule has 21 heavy (non-hydrogen) atoms. The van der Waals surface area contributed by atoms with E-state index in [9.17, 15) is 0 Å². The minimum absolute atomic E-state index is 0.208. The van der Waals surface area contributed by atoms with Crippen LogP contribution in [0.15, 0.2) is 36.7 Å². The van der Waals surface area contributed by atoms with Crippen molar-refractivity contribution in [2.45, 2.75) is 38.9 Å². The first-order valence-corrected chi connectivity index (χ1v) is 7.42. The second-order valence-electron chi connectivity index (χ2n) is 5.04. The Morgan fingerprint density at radius 1 is 1.19 bits per heavy atom. The van der Waals surface area contributed by atoms with Crippen LogP contribution in [0.5, 0.6) is 0 Å².